The number of amides is 1. The number of carboxylic acids is 1. The molecule has 1 fully saturated rings. The lowest BCUT2D eigenvalue weighted by Crippen LogP contribution is -2.43. The van der Waals surface area contributed by atoms with Crippen molar-refractivity contribution >= 4 is 21.7 Å². The number of carbonyl (C=O) groups is 2. The second-order valence-corrected chi connectivity index (χ2v) is 7.34. The molecule has 0 radical (unpaired) electrons. The second kappa shape index (κ2) is 6.26. The molecule has 0 aromatic heterocycles. The molecule has 1 amide bonds. The zero-order chi connectivity index (χ0) is 15.5. The van der Waals surface area contributed by atoms with Crippen LogP contribution >= 0.6 is 0 Å². The third kappa shape index (κ3) is 4.29. The highest BCUT2D eigenvalue weighted by Crippen LogP contribution is 2.10. The molecule has 0 bridgehead atoms. The van der Waals surface area contributed by atoms with Crippen molar-refractivity contribution in [1.82, 2.24) is 4.90 Å². The van der Waals surface area contributed by atoms with Crippen LogP contribution in [0.15, 0.2) is 24.3 Å². The average molecular weight is 311 g/mol. The molecule has 0 aliphatic carbocycles. The van der Waals surface area contributed by atoms with Gasteiger partial charge in [-0.05, 0) is 24.1 Å². The summed E-state index contributed by atoms with van der Waals surface area (Å²) in [5, 5.41) is 8.80. The average Bonchev–Trinajstić information content (AvgIpc) is 2.45. The van der Waals surface area contributed by atoms with E-state index in [-0.39, 0.29) is 36.1 Å². The van der Waals surface area contributed by atoms with Crippen LogP contribution in [0, 0.1) is 0 Å². The third-order valence-electron chi connectivity index (χ3n) is 3.53. The first-order valence-electron chi connectivity index (χ1n) is 6.68. The van der Waals surface area contributed by atoms with Crippen molar-refractivity contribution in [3.8, 4) is 0 Å². The van der Waals surface area contributed by atoms with Gasteiger partial charge in [-0.3, -0.25) is 4.79 Å². The normalized spacial score (nSPS) is 17.4. The standard InChI is InChI=1S/C14H17NO5S/c16-13(15-7-9-21(19,20)10-8-15)6-3-11-1-4-12(5-2-11)14(17)18/h1-2,4-5H,3,6-10H2,(H,17,18). The van der Waals surface area contributed by atoms with Gasteiger partial charge < -0.3 is 10.0 Å². The van der Waals surface area contributed by atoms with E-state index in [9.17, 15) is 18.0 Å². The zero-order valence-corrected chi connectivity index (χ0v) is 12.3. The van der Waals surface area contributed by atoms with E-state index in [4.69, 9.17) is 5.11 Å². The highest BCUT2D eigenvalue weighted by atomic mass is 32.2. The Labute approximate surface area is 123 Å². The van der Waals surface area contributed by atoms with Gasteiger partial charge in [0.2, 0.25) is 5.91 Å². The molecule has 1 N–H and O–H groups in total. The van der Waals surface area contributed by atoms with Crippen molar-refractivity contribution in [2.45, 2.75) is 12.8 Å². The minimum Gasteiger partial charge on any atom is -0.478 e. The van der Waals surface area contributed by atoms with Gasteiger partial charge in [-0.25, -0.2) is 13.2 Å². The van der Waals surface area contributed by atoms with E-state index in [0.717, 1.165) is 5.56 Å². The van der Waals surface area contributed by atoms with Gasteiger partial charge in [-0.15, -0.1) is 0 Å². The van der Waals surface area contributed by atoms with Crippen molar-refractivity contribution in [3.05, 3.63) is 35.4 Å². The number of nitrogens with zero attached hydrogens (tertiary/aromatic N) is 1. The van der Waals surface area contributed by atoms with Crippen LogP contribution in [0.5, 0.6) is 0 Å². The molecule has 1 aromatic carbocycles. The summed E-state index contributed by atoms with van der Waals surface area (Å²) in [4.78, 5) is 24.3. The van der Waals surface area contributed by atoms with Gasteiger partial charge in [0.25, 0.3) is 0 Å². The summed E-state index contributed by atoms with van der Waals surface area (Å²) in [5.74, 6) is -0.975. The third-order valence-corrected chi connectivity index (χ3v) is 5.13. The number of carboxylic acid groups (broad SMARTS) is 1. The molecule has 114 valence electrons. The van der Waals surface area contributed by atoms with E-state index in [1.54, 1.807) is 17.0 Å². The van der Waals surface area contributed by atoms with Gasteiger partial charge in [0.05, 0.1) is 17.1 Å². The van der Waals surface area contributed by atoms with Crippen LogP contribution in [0.2, 0.25) is 0 Å². The number of aromatic carboxylic acids is 1. The molecule has 0 saturated carbocycles. The molecular formula is C14H17NO5S. The first-order valence-corrected chi connectivity index (χ1v) is 8.50. The zero-order valence-electron chi connectivity index (χ0n) is 11.5. The highest BCUT2D eigenvalue weighted by Gasteiger charge is 2.24. The Morgan fingerprint density at radius 2 is 1.67 bits per heavy atom. The topological polar surface area (TPSA) is 91.8 Å². The van der Waals surface area contributed by atoms with Crippen molar-refractivity contribution < 1.29 is 23.1 Å². The largest absolute Gasteiger partial charge is 0.478 e. The van der Waals surface area contributed by atoms with Gasteiger partial charge in [0, 0.05) is 19.5 Å². The van der Waals surface area contributed by atoms with E-state index >= 15 is 0 Å². The lowest BCUT2D eigenvalue weighted by molar-refractivity contribution is -0.130. The van der Waals surface area contributed by atoms with Gasteiger partial charge in [-0.1, -0.05) is 12.1 Å². The summed E-state index contributed by atoms with van der Waals surface area (Å²) < 4.78 is 22.6. The fourth-order valence-corrected chi connectivity index (χ4v) is 3.39. The van der Waals surface area contributed by atoms with Gasteiger partial charge in [0.1, 0.15) is 0 Å². The number of sulfone groups is 1. The number of carbonyl (C=O) groups excluding carboxylic acids is 1. The fourth-order valence-electron chi connectivity index (χ4n) is 2.19. The number of benzene rings is 1. The van der Waals surface area contributed by atoms with Gasteiger partial charge in [0.15, 0.2) is 9.84 Å². The second-order valence-electron chi connectivity index (χ2n) is 5.03. The highest BCUT2D eigenvalue weighted by molar-refractivity contribution is 7.91. The van der Waals surface area contributed by atoms with Crippen molar-refractivity contribution in [2.24, 2.45) is 0 Å². The molecule has 0 spiro atoms. The molecule has 6 nitrogen and oxygen atoms in total. The van der Waals surface area contributed by atoms with Crippen molar-refractivity contribution in [3.63, 3.8) is 0 Å². The molecule has 0 atom stereocenters. The van der Waals surface area contributed by atoms with E-state index in [2.05, 4.69) is 0 Å². The lowest BCUT2D eigenvalue weighted by atomic mass is 10.1. The molecule has 1 aromatic rings. The minimum absolute atomic E-state index is 0.0338. The maximum atomic E-state index is 12.0. The van der Waals surface area contributed by atoms with Crippen LogP contribution in [-0.4, -0.2) is 54.9 Å². The molecule has 2 rings (SSSR count). The van der Waals surface area contributed by atoms with Crippen LogP contribution < -0.4 is 0 Å². The molecule has 0 unspecified atom stereocenters. The van der Waals surface area contributed by atoms with Crippen LogP contribution in [0.1, 0.15) is 22.3 Å². The Bertz CT molecular complexity index is 622. The summed E-state index contributed by atoms with van der Waals surface area (Å²) in [6.07, 6.45) is 0.814. The van der Waals surface area contributed by atoms with Gasteiger partial charge >= 0.3 is 5.97 Å². The molecule has 1 aliphatic heterocycles. The number of hydrogen-bond acceptors (Lipinski definition) is 4. The Morgan fingerprint density at radius 1 is 1.10 bits per heavy atom. The van der Waals surface area contributed by atoms with Crippen LogP contribution in [-0.2, 0) is 21.1 Å². The quantitative estimate of drug-likeness (QED) is 0.878. The minimum atomic E-state index is -2.98. The van der Waals surface area contributed by atoms with E-state index in [1.165, 1.54) is 12.1 Å². The number of aryl methyl sites for hydroxylation is 1. The molecule has 1 saturated heterocycles. The van der Waals surface area contributed by atoms with Crippen LogP contribution in [0.4, 0.5) is 0 Å². The Morgan fingerprint density at radius 3 is 2.19 bits per heavy atom. The van der Waals surface area contributed by atoms with E-state index < -0.39 is 15.8 Å². The van der Waals surface area contributed by atoms with Crippen LogP contribution in [0.3, 0.4) is 0 Å². The molecule has 21 heavy (non-hydrogen) atoms. The summed E-state index contributed by atoms with van der Waals surface area (Å²) in [6.45, 7) is 0.526. The number of rotatable bonds is 4. The molecule has 1 aliphatic rings. The Kier molecular flexibility index (Phi) is 4.62. The van der Waals surface area contributed by atoms with Gasteiger partial charge in [-0.2, -0.15) is 0 Å². The Balaban J connectivity index is 1.85. The predicted octanol–water partition coefficient (Wildman–Crippen LogP) is 0.574. The number of hydrogen-bond donors (Lipinski definition) is 1. The first-order chi connectivity index (χ1) is 9.87. The summed E-state index contributed by atoms with van der Waals surface area (Å²) in [5.41, 5.74) is 1.10. The molecule has 7 heteroatoms. The van der Waals surface area contributed by atoms with Crippen molar-refractivity contribution in [2.75, 3.05) is 24.6 Å². The summed E-state index contributed by atoms with van der Waals surface area (Å²) in [7, 11) is -2.98. The fraction of sp³-hybridized carbons (Fsp3) is 0.429. The summed E-state index contributed by atoms with van der Waals surface area (Å²) in [6, 6.07) is 6.40. The molecular weight excluding hydrogens is 294 g/mol. The maximum Gasteiger partial charge on any atom is 0.335 e. The smallest absolute Gasteiger partial charge is 0.335 e. The summed E-state index contributed by atoms with van der Waals surface area (Å²) >= 11 is 0. The Hall–Kier alpha value is -1.89. The van der Waals surface area contributed by atoms with Crippen LogP contribution in [0.25, 0.3) is 0 Å². The molecule has 1 heterocycles. The van der Waals surface area contributed by atoms with E-state index in [0.29, 0.717) is 12.8 Å². The SMILES string of the molecule is O=C(O)c1ccc(CCC(=O)N2CCS(=O)(=O)CC2)cc1. The maximum absolute atomic E-state index is 12.0. The first kappa shape index (κ1) is 15.5. The predicted molar refractivity (Wildman–Crippen MR) is 77.0 cm³/mol. The van der Waals surface area contributed by atoms with E-state index in [1.807, 2.05) is 0 Å². The van der Waals surface area contributed by atoms with Crippen molar-refractivity contribution in [1.29, 1.82) is 0 Å². The lowest BCUT2D eigenvalue weighted by Gasteiger charge is -2.26. The monoisotopic (exact) mass is 311 g/mol.